The predicted molar refractivity (Wildman–Crippen MR) is 90.9 cm³/mol. The molecule has 3 nitrogen and oxygen atoms in total. The van der Waals surface area contributed by atoms with Crippen molar-refractivity contribution >= 4 is 11.8 Å². The molecule has 3 aromatic rings. The van der Waals surface area contributed by atoms with Crippen LogP contribution in [-0.2, 0) is 5.75 Å². The zero-order valence-electron chi connectivity index (χ0n) is 12.7. The van der Waals surface area contributed by atoms with Gasteiger partial charge in [-0.2, -0.15) is 0 Å². The van der Waals surface area contributed by atoms with Crippen LogP contribution in [0.25, 0.3) is 5.69 Å². The summed E-state index contributed by atoms with van der Waals surface area (Å²) in [5.74, 6) is 1.75. The SMILES string of the molecule is COc1cccc(CSc2nc(C)cn2-c2ccccc2)c1. The zero-order chi connectivity index (χ0) is 15.4. The van der Waals surface area contributed by atoms with Crippen LogP contribution in [0.2, 0.25) is 0 Å². The lowest BCUT2D eigenvalue weighted by Gasteiger charge is -2.08. The van der Waals surface area contributed by atoms with Crippen LogP contribution in [0.15, 0.2) is 66.0 Å². The van der Waals surface area contributed by atoms with Crippen molar-refractivity contribution in [3.8, 4) is 11.4 Å². The summed E-state index contributed by atoms with van der Waals surface area (Å²) in [4.78, 5) is 4.64. The highest BCUT2D eigenvalue weighted by atomic mass is 32.2. The zero-order valence-corrected chi connectivity index (χ0v) is 13.5. The standard InChI is InChI=1S/C18H18N2OS/c1-14-12-20(16-8-4-3-5-9-16)18(19-14)22-13-15-7-6-10-17(11-15)21-2/h3-12H,13H2,1-2H3. The van der Waals surface area contributed by atoms with E-state index < -0.39 is 0 Å². The minimum Gasteiger partial charge on any atom is -0.497 e. The number of thioether (sulfide) groups is 1. The second-order valence-corrected chi connectivity index (χ2v) is 5.95. The molecule has 0 N–H and O–H groups in total. The van der Waals surface area contributed by atoms with Crippen LogP contribution in [-0.4, -0.2) is 16.7 Å². The van der Waals surface area contributed by atoms with Gasteiger partial charge in [-0.1, -0.05) is 42.1 Å². The second-order valence-electron chi connectivity index (χ2n) is 5.01. The number of imidazole rings is 1. The molecule has 0 atom stereocenters. The van der Waals surface area contributed by atoms with Gasteiger partial charge in [0.15, 0.2) is 5.16 Å². The highest BCUT2D eigenvalue weighted by Crippen LogP contribution is 2.26. The van der Waals surface area contributed by atoms with E-state index in [0.717, 1.165) is 28.0 Å². The molecule has 0 aliphatic rings. The van der Waals surface area contributed by atoms with E-state index in [9.17, 15) is 0 Å². The quantitative estimate of drug-likeness (QED) is 0.650. The number of aromatic nitrogens is 2. The first-order valence-electron chi connectivity index (χ1n) is 7.13. The van der Waals surface area contributed by atoms with Crippen LogP contribution in [0.4, 0.5) is 0 Å². The number of hydrogen-bond acceptors (Lipinski definition) is 3. The van der Waals surface area contributed by atoms with Crippen LogP contribution in [0, 0.1) is 6.92 Å². The highest BCUT2D eigenvalue weighted by Gasteiger charge is 2.08. The lowest BCUT2D eigenvalue weighted by molar-refractivity contribution is 0.414. The Morgan fingerprint density at radius 1 is 1.09 bits per heavy atom. The smallest absolute Gasteiger partial charge is 0.173 e. The van der Waals surface area contributed by atoms with Gasteiger partial charge in [0.2, 0.25) is 0 Å². The number of methoxy groups -OCH3 is 1. The molecule has 1 aromatic heterocycles. The lowest BCUT2D eigenvalue weighted by atomic mass is 10.2. The van der Waals surface area contributed by atoms with Crippen LogP contribution in [0.3, 0.4) is 0 Å². The fourth-order valence-corrected chi connectivity index (χ4v) is 3.24. The molecule has 0 saturated carbocycles. The molecule has 2 aromatic carbocycles. The molecule has 1 heterocycles. The van der Waals surface area contributed by atoms with E-state index in [1.54, 1.807) is 18.9 Å². The topological polar surface area (TPSA) is 27.1 Å². The third-order valence-electron chi connectivity index (χ3n) is 3.33. The Balaban J connectivity index is 1.81. The van der Waals surface area contributed by atoms with Gasteiger partial charge in [-0.15, -0.1) is 0 Å². The molecule has 0 spiro atoms. The molecular weight excluding hydrogens is 292 g/mol. The average molecular weight is 310 g/mol. The monoisotopic (exact) mass is 310 g/mol. The molecule has 0 fully saturated rings. The van der Waals surface area contributed by atoms with E-state index >= 15 is 0 Å². The largest absolute Gasteiger partial charge is 0.497 e. The fourth-order valence-electron chi connectivity index (χ4n) is 2.26. The number of para-hydroxylation sites is 1. The molecule has 0 amide bonds. The Hall–Kier alpha value is -2.20. The number of nitrogens with zero attached hydrogens (tertiary/aromatic N) is 2. The summed E-state index contributed by atoms with van der Waals surface area (Å²) in [6, 6.07) is 18.5. The van der Waals surface area contributed by atoms with E-state index in [4.69, 9.17) is 4.74 Å². The van der Waals surface area contributed by atoms with Crippen LogP contribution < -0.4 is 4.74 Å². The van der Waals surface area contributed by atoms with Crippen molar-refractivity contribution in [1.29, 1.82) is 0 Å². The van der Waals surface area contributed by atoms with Gasteiger partial charge >= 0.3 is 0 Å². The first-order chi connectivity index (χ1) is 10.8. The van der Waals surface area contributed by atoms with Crippen molar-refractivity contribution in [3.63, 3.8) is 0 Å². The number of ether oxygens (including phenoxy) is 1. The molecule has 0 aliphatic carbocycles. The van der Waals surface area contributed by atoms with Crippen molar-refractivity contribution < 1.29 is 4.74 Å². The summed E-state index contributed by atoms with van der Waals surface area (Å²) in [5.41, 5.74) is 3.39. The molecule has 22 heavy (non-hydrogen) atoms. The summed E-state index contributed by atoms with van der Waals surface area (Å²) in [6.07, 6.45) is 2.07. The highest BCUT2D eigenvalue weighted by molar-refractivity contribution is 7.98. The van der Waals surface area contributed by atoms with E-state index in [1.165, 1.54) is 5.56 Å². The molecule has 0 radical (unpaired) electrons. The summed E-state index contributed by atoms with van der Waals surface area (Å²) in [6.45, 7) is 2.02. The summed E-state index contributed by atoms with van der Waals surface area (Å²) >= 11 is 1.73. The maximum absolute atomic E-state index is 5.27. The van der Waals surface area contributed by atoms with Gasteiger partial charge in [-0.25, -0.2) is 4.98 Å². The Morgan fingerprint density at radius 3 is 2.68 bits per heavy atom. The molecule has 0 aliphatic heterocycles. The van der Waals surface area contributed by atoms with E-state index in [2.05, 4.69) is 40.0 Å². The van der Waals surface area contributed by atoms with Crippen molar-refractivity contribution in [2.45, 2.75) is 17.8 Å². The van der Waals surface area contributed by atoms with E-state index in [-0.39, 0.29) is 0 Å². The van der Waals surface area contributed by atoms with E-state index in [0.29, 0.717) is 0 Å². The van der Waals surface area contributed by atoms with Crippen molar-refractivity contribution in [1.82, 2.24) is 9.55 Å². The number of hydrogen-bond donors (Lipinski definition) is 0. The van der Waals surface area contributed by atoms with Crippen LogP contribution in [0.1, 0.15) is 11.3 Å². The third kappa shape index (κ3) is 3.34. The Morgan fingerprint density at radius 2 is 1.91 bits per heavy atom. The first kappa shape index (κ1) is 14.7. The predicted octanol–water partition coefficient (Wildman–Crippen LogP) is 4.48. The van der Waals surface area contributed by atoms with Crippen LogP contribution in [0.5, 0.6) is 5.75 Å². The molecule has 4 heteroatoms. The summed E-state index contributed by atoms with van der Waals surface area (Å²) < 4.78 is 7.41. The summed E-state index contributed by atoms with van der Waals surface area (Å²) in [5, 5.41) is 1.01. The van der Waals surface area contributed by atoms with Gasteiger partial charge < -0.3 is 4.74 Å². The molecule has 0 bridgehead atoms. The minimum absolute atomic E-state index is 0.862. The Labute approximate surface area is 135 Å². The van der Waals surface area contributed by atoms with Crippen molar-refractivity contribution in [2.75, 3.05) is 7.11 Å². The van der Waals surface area contributed by atoms with Gasteiger partial charge in [0.05, 0.1) is 12.8 Å². The minimum atomic E-state index is 0.862. The van der Waals surface area contributed by atoms with Gasteiger partial charge in [0.1, 0.15) is 5.75 Å². The van der Waals surface area contributed by atoms with Crippen molar-refractivity contribution in [2.24, 2.45) is 0 Å². The molecular formula is C18H18N2OS. The number of benzene rings is 2. The van der Waals surface area contributed by atoms with Crippen molar-refractivity contribution in [3.05, 3.63) is 72.1 Å². The third-order valence-corrected chi connectivity index (χ3v) is 4.35. The normalized spacial score (nSPS) is 10.6. The molecule has 112 valence electrons. The van der Waals surface area contributed by atoms with E-state index in [1.807, 2.05) is 37.3 Å². The maximum atomic E-state index is 5.27. The van der Waals surface area contributed by atoms with Gasteiger partial charge in [-0.05, 0) is 36.8 Å². The molecule has 3 rings (SSSR count). The van der Waals surface area contributed by atoms with Crippen LogP contribution >= 0.6 is 11.8 Å². The summed E-state index contributed by atoms with van der Waals surface area (Å²) in [7, 11) is 1.69. The van der Waals surface area contributed by atoms with Gasteiger partial charge in [-0.3, -0.25) is 4.57 Å². The maximum Gasteiger partial charge on any atom is 0.173 e. The molecule has 0 unspecified atom stereocenters. The first-order valence-corrected chi connectivity index (χ1v) is 8.12. The average Bonchev–Trinajstić information content (AvgIpc) is 2.95. The number of aryl methyl sites for hydroxylation is 1. The lowest BCUT2D eigenvalue weighted by Crippen LogP contribution is -1.95. The van der Waals surface area contributed by atoms with Gasteiger partial charge in [0, 0.05) is 17.6 Å². The second kappa shape index (κ2) is 6.71. The Kier molecular flexibility index (Phi) is 4.49. The Bertz CT molecular complexity index is 753. The fraction of sp³-hybridized carbons (Fsp3) is 0.167. The number of rotatable bonds is 5. The van der Waals surface area contributed by atoms with Gasteiger partial charge in [0.25, 0.3) is 0 Å². The molecule has 0 saturated heterocycles.